The molecule has 1 atom stereocenters. The molecule has 1 N–H and O–H groups in total. The van der Waals surface area contributed by atoms with Gasteiger partial charge in [-0.3, -0.25) is 14.4 Å². The summed E-state index contributed by atoms with van der Waals surface area (Å²) in [6.45, 7) is 12.3. The second kappa shape index (κ2) is 12.5. The second-order valence-electron chi connectivity index (χ2n) is 9.86. The number of hydrogen-bond acceptors (Lipinski definition) is 4. The number of unbranched alkanes of at least 4 members (excludes halogenated alkanes) is 2. The Morgan fingerprint density at radius 3 is 2.38 bits per heavy atom. The molecule has 0 saturated carbocycles. The molecule has 0 aliphatic carbocycles. The standard InChI is InChI=1S/C29H39NO4/c1-7-9-10-11-23(24-14-12-21(19-31)16-27(24)34-8-2)18-28(33)30-26-15-13-22(20(3)32)17-25(26)29(4,5)6/h12-17,19,23H,7-11,18H2,1-6H3,(H,30,33). The van der Waals surface area contributed by atoms with Crippen molar-refractivity contribution in [2.45, 2.75) is 85.0 Å². The highest BCUT2D eigenvalue weighted by molar-refractivity contribution is 5.97. The van der Waals surface area contributed by atoms with Gasteiger partial charge < -0.3 is 10.1 Å². The molecule has 1 unspecified atom stereocenters. The third-order valence-corrected chi connectivity index (χ3v) is 6.01. The molecule has 0 aromatic heterocycles. The molecule has 0 saturated heterocycles. The van der Waals surface area contributed by atoms with Crippen LogP contribution in [0.4, 0.5) is 5.69 Å². The van der Waals surface area contributed by atoms with Crippen molar-refractivity contribution >= 4 is 23.7 Å². The molecule has 0 bridgehead atoms. The fourth-order valence-corrected chi connectivity index (χ4v) is 4.17. The highest BCUT2D eigenvalue weighted by Gasteiger charge is 2.24. The molecule has 5 nitrogen and oxygen atoms in total. The Bertz CT molecular complexity index is 1000. The van der Waals surface area contributed by atoms with Crippen LogP contribution in [0.5, 0.6) is 5.75 Å². The van der Waals surface area contributed by atoms with E-state index < -0.39 is 0 Å². The number of nitrogens with one attached hydrogen (secondary N) is 1. The Morgan fingerprint density at radius 2 is 1.79 bits per heavy atom. The summed E-state index contributed by atoms with van der Waals surface area (Å²) in [6, 6.07) is 10.9. The first-order valence-corrected chi connectivity index (χ1v) is 12.3. The van der Waals surface area contributed by atoms with Crippen molar-refractivity contribution in [3.8, 4) is 5.75 Å². The van der Waals surface area contributed by atoms with Gasteiger partial charge in [-0.1, -0.05) is 59.1 Å². The summed E-state index contributed by atoms with van der Waals surface area (Å²) in [5.41, 5.74) is 3.59. The van der Waals surface area contributed by atoms with Gasteiger partial charge in [0, 0.05) is 23.2 Å². The monoisotopic (exact) mass is 465 g/mol. The Balaban J connectivity index is 2.34. The summed E-state index contributed by atoms with van der Waals surface area (Å²) < 4.78 is 5.84. The van der Waals surface area contributed by atoms with E-state index in [1.165, 1.54) is 0 Å². The smallest absolute Gasteiger partial charge is 0.224 e. The molecule has 0 radical (unpaired) electrons. The summed E-state index contributed by atoms with van der Waals surface area (Å²) in [5, 5.41) is 3.10. The fourth-order valence-electron chi connectivity index (χ4n) is 4.17. The number of ether oxygens (including phenoxy) is 1. The molecule has 184 valence electrons. The highest BCUT2D eigenvalue weighted by Crippen LogP contribution is 2.35. The largest absolute Gasteiger partial charge is 0.494 e. The van der Waals surface area contributed by atoms with Crippen molar-refractivity contribution < 1.29 is 19.1 Å². The molecular formula is C29H39NO4. The summed E-state index contributed by atoms with van der Waals surface area (Å²) in [6.07, 6.45) is 5.17. The Morgan fingerprint density at radius 1 is 1.06 bits per heavy atom. The van der Waals surface area contributed by atoms with Gasteiger partial charge in [-0.15, -0.1) is 0 Å². The van der Waals surface area contributed by atoms with E-state index in [0.717, 1.165) is 48.8 Å². The predicted molar refractivity (Wildman–Crippen MR) is 138 cm³/mol. The van der Waals surface area contributed by atoms with E-state index >= 15 is 0 Å². The van der Waals surface area contributed by atoms with Crippen molar-refractivity contribution in [1.29, 1.82) is 0 Å². The molecule has 0 aliphatic heterocycles. The van der Waals surface area contributed by atoms with Crippen LogP contribution in [0.25, 0.3) is 0 Å². The molecule has 0 aliphatic rings. The summed E-state index contributed by atoms with van der Waals surface area (Å²) >= 11 is 0. The SMILES string of the molecule is CCCCCC(CC(=O)Nc1ccc(C(C)=O)cc1C(C)(C)C)c1ccc(C=O)cc1OCC. The lowest BCUT2D eigenvalue weighted by molar-refractivity contribution is -0.116. The average molecular weight is 466 g/mol. The van der Waals surface area contributed by atoms with Gasteiger partial charge in [0.15, 0.2) is 5.78 Å². The van der Waals surface area contributed by atoms with E-state index in [1.807, 2.05) is 25.1 Å². The lowest BCUT2D eigenvalue weighted by Crippen LogP contribution is -2.21. The Labute approximate surface area is 204 Å². The van der Waals surface area contributed by atoms with Crippen LogP contribution in [0.1, 0.15) is 111 Å². The Kier molecular flexibility index (Phi) is 10.0. The van der Waals surface area contributed by atoms with Crippen LogP contribution in [-0.4, -0.2) is 24.6 Å². The van der Waals surface area contributed by atoms with E-state index in [2.05, 4.69) is 33.0 Å². The number of rotatable bonds is 12. The fraction of sp³-hybridized carbons (Fsp3) is 0.483. The third-order valence-electron chi connectivity index (χ3n) is 6.01. The Hall–Kier alpha value is -2.95. The number of anilines is 1. The van der Waals surface area contributed by atoms with E-state index in [0.29, 0.717) is 29.9 Å². The van der Waals surface area contributed by atoms with Crippen molar-refractivity contribution in [2.75, 3.05) is 11.9 Å². The molecule has 0 spiro atoms. The molecular weight excluding hydrogens is 426 g/mol. The number of Topliss-reactive ketones (excluding diaryl/α,β-unsaturated/α-hetero) is 1. The predicted octanol–water partition coefficient (Wildman–Crippen LogP) is 7.09. The molecule has 0 fully saturated rings. The minimum Gasteiger partial charge on any atom is -0.494 e. The van der Waals surface area contributed by atoms with Crippen LogP contribution in [0.3, 0.4) is 0 Å². The minimum atomic E-state index is -0.235. The zero-order valence-electron chi connectivity index (χ0n) is 21.5. The van der Waals surface area contributed by atoms with Gasteiger partial charge in [0.2, 0.25) is 5.91 Å². The van der Waals surface area contributed by atoms with Crippen LogP contribution in [0, 0.1) is 0 Å². The van der Waals surface area contributed by atoms with Gasteiger partial charge in [-0.25, -0.2) is 0 Å². The zero-order chi connectivity index (χ0) is 25.3. The van der Waals surface area contributed by atoms with Crippen molar-refractivity contribution in [1.82, 2.24) is 0 Å². The van der Waals surface area contributed by atoms with Gasteiger partial charge in [0.25, 0.3) is 0 Å². The maximum absolute atomic E-state index is 13.2. The van der Waals surface area contributed by atoms with Gasteiger partial charge in [-0.05, 0) is 67.0 Å². The minimum absolute atomic E-state index is 0.00147. The molecule has 5 heteroatoms. The summed E-state index contributed by atoms with van der Waals surface area (Å²) in [4.78, 5) is 36.4. The van der Waals surface area contributed by atoms with Crippen molar-refractivity contribution in [3.05, 3.63) is 58.7 Å². The van der Waals surface area contributed by atoms with E-state index in [1.54, 1.807) is 25.1 Å². The molecule has 34 heavy (non-hydrogen) atoms. The van der Waals surface area contributed by atoms with Gasteiger partial charge >= 0.3 is 0 Å². The lowest BCUT2D eigenvalue weighted by atomic mass is 9.84. The van der Waals surface area contributed by atoms with Crippen molar-refractivity contribution in [2.24, 2.45) is 0 Å². The van der Waals surface area contributed by atoms with E-state index in [4.69, 9.17) is 4.74 Å². The average Bonchev–Trinajstić information content (AvgIpc) is 2.78. The van der Waals surface area contributed by atoms with Crippen molar-refractivity contribution in [3.63, 3.8) is 0 Å². The van der Waals surface area contributed by atoms with Gasteiger partial charge in [0.05, 0.1) is 6.61 Å². The maximum Gasteiger partial charge on any atom is 0.224 e. The number of hydrogen-bond donors (Lipinski definition) is 1. The third kappa shape index (κ3) is 7.54. The van der Waals surface area contributed by atoms with Crippen LogP contribution in [0.2, 0.25) is 0 Å². The quantitative estimate of drug-likeness (QED) is 0.206. The summed E-state index contributed by atoms with van der Waals surface area (Å²) in [5.74, 6) is 0.567. The van der Waals surface area contributed by atoms with Gasteiger partial charge in [-0.2, -0.15) is 0 Å². The maximum atomic E-state index is 13.2. The molecule has 2 rings (SSSR count). The first-order chi connectivity index (χ1) is 16.1. The molecule has 1 amide bonds. The van der Waals surface area contributed by atoms with Crippen LogP contribution in [-0.2, 0) is 10.2 Å². The van der Waals surface area contributed by atoms with Crippen LogP contribution >= 0.6 is 0 Å². The van der Waals surface area contributed by atoms with Gasteiger partial charge in [0.1, 0.15) is 12.0 Å². The first kappa shape index (κ1) is 27.3. The van der Waals surface area contributed by atoms with Crippen LogP contribution in [0.15, 0.2) is 36.4 Å². The van der Waals surface area contributed by atoms with E-state index in [-0.39, 0.29) is 23.0 Å². The molecule has 2 aromatic carbocycles. The number of benzene rings is 2. The summed E-state index contributed by atoms with van der Waals surface area (Å²) in [7, 11) is 0. The number of carbonyl (C=O) groups excluding carboxylic acids is 3. The second-order valence-corrected chi connectivity index (χ2v) is 9.86. The van der Waals surface area contributed by atoms with Crippen LogP contribution < -0.4 is 10.1 Å². The number of ketones is 1. The molecule has 0 heterocycles. The number of aldehydes is 1. The number of carbonyl (C=O) groups is 3. The zero-order valence-corrected chi connectivity index (χ0v) is 21.5. The highest BCUT2D eigenvalue weighted by atomic mass is 16.5. The first-order valence-electron chi connectivity index (χ1n) is 12.3. The van der Waals surface area contributed by atoms with E-state index in [9.17, 15) is 14.4 Å². The topological polar surface area (TPSA) is 72.5 Å². The molecule has 2 aromatic rings. The number of amides is 1. The lowest BCUT2D eigenvalue weighted by Gasteiger charge is -2.25. The normalized spacial score (nSPS) is 12.2.